The van der Waals surface area contributed by atoms with E-state index < -0.39 is 29.8 Å². The molecule has 2 aliphatic rings. The fraction of sp³-hybridized carbons (Fsp3) is 0.333. The fourth-order valence-electron chi connectivity index (χ4n) is 3.49. The Hall–Kier alpha value is -2.83. The molecule has 0 saturated heterocycles. The predicted octanol–water partition coefficient (Wildman–Crippen LogP) is 4.57. The van der Waals surface area contributed by atoms with Gasteiger partial charge in [0, 0.05) is 0 Å². The van der Waals surface area contributed by atoms with Crippen LogP contribution in [0, 0.1) is 6.92 Å². The second kappa shape index (κ2) is 7.30. The minimum absolute atomic E-state index is 0.375. The molecule has 0 bridgehead atoms. The zero-order chi connectivity index (χ0) is 19.7. The summed E-state index contributed by atoms with van der Waals surface area (Å²) >= 11 is 0. The molecule has 28 heavy (non-hydrogen) atoms. The van der Waals surface area contributed by atoms with Gasteiger partial charge in [-0.15, -0.1) is 0 Å². The van der Waals surface area contributed by atoms with Crippen molar-refractivity contribution in [3.8, 4) is 0 Å². The molecular weight excluding hydrogens is 369 g/mol. The zero-order valence-corrected chi connectivity index (χ0v) is 15.1. The molecule has 2 aromatic rings. The molecule has 2 aromatic carbocycles. The molecule has 0 saturated carbocycles. The van der Waals surface area contributed by atoms with Crippen LogP contribution in [0.25, 0.3) is 0 Å². The lowest BCUT2D eigenvalue weighted by Crippen LogP contribution is -2.31. The van der Waals surface area contributed by atoms with Gasteiger partial charge in [0.1, 0.15) is 18.8 Å². The van der Waals surface area contributed by atoms with Crippen molar-refractivity contribution in [1.82, 2.24) is 0 Å². The molecule has 4 nitrogen and oxygen atoms in total. The number of hydrogen-bond donors (Lipinski definition) is 0. The minimum Gasteiger partial charge on any atom is -0.478 e. The Morgan fingerprint density at radius 2 is 1.93 bits per heavy atom. The average Bonchev–Trinajstić information content (AvgIpc) is 3.35. The lowest BCUT2D eigenvalue weighted by Gasteiger charge is -2.27. The molecule has 0 N–H and O–H groups in total. The number of ether oxygens (including phenoxy) is 2. The van der Waals surface area contributed by atoms with Crippen molar-refractivity contribution in [2.24, 2.45) is 9.98 Å². The van der Waals surface area contributed by atoms with E-state index in [0.717, 1.165) is 23.3 Å². The maximum atomic E-state index is 13.2. The van der Waals surface area contributed by atoms with Crippen LogP contribution in [0.2, 0.25) is 0 Å². The summed E-state index contributed by atoms with van der Waals surface area (Å²) < 4.78 is 51.0. The van der Waals surface area contributed by atoms with Crippen molar-refractivity contribution in [3.63, 3.8) is 0 Å². The Labute approximate surface area is 160 Å². The standard InChI is InChI=1S/C21H18F3N2O2/c1-13-5-7-14(8-6-13)18-19(28-12-26-18)17(20-25-9-10-27-20)15-3-2-4-16(11-15)21(22,23)24/h2-8,11,17-19H,9-10H2,1H3. The molecule has 2 heterocycles. The molecule has 7 heteroatoms. The van der Waals surface area contributed by atoms with Gasteiger partial charge in [0.05, 0.1) is 18.0 Å². The summed E-state index contributed by atoms with van der Waals surface area (Å²) in [5, 5.41) is 0. The number of aryl methyl sites for hydroxylation is 1. The van der Waals surface area contributed by atoms with Crippen LogP contribution in [0.3, 0.4) is 0 Å². The van der Waals surface area contributed by atoms with E-state index in [2.05, 4.69) is 16.4 Å². The SMILES string of the molecule is Cc1ccc(C2N=[C]OC2C(C2=NCCO2)c2cccc(C(F)(F)F)c2)cc1. The van der Waals surface area contributed by atoms with Gasteiger partial charge >= 0.3 is 6.18 Å². The third-order valence-corrected chi connectivity index (χ3v) is 4.89. The summed E-state index contributed by atoms with van der Waals surface area (Å²) in [6, 6.07) is 12.6. The van der Waals surface area contributed by atoms with Gasteiger partial charge in [-0.3, -0.25) is 4.99 Å². The van der Waals surface area contributed by atoms with Crippen LogP contribution in [-0.4, -0.2) is 31.6 Å². The molecule has 0 spiro atoms. The molecular formula is C21H18F3N2O2. The number of aliphatic imine (C=N–C) groups is 2. The summed E-state index contributed by atoms with van der Waals surface area (Å²) in [5.41, 5.74) is 1.71. The van der Waals surface area contributed by atoms with Gasteiger partial charge in [-0.05, 0) is 24.1 Å². The van der Waals surface area contributed by atoms with E-state index in [1.54, 1.807) is 6.07 Å². The Balaban J connectivity index is 1.74. The first-order valence-electron chi connectivity index (χ1n) is 8.95. The predicted molar refractivity (Wildman–Crippen MR) is 98.7 cm³/mol. The van der Waals surface area contributed by atoms with Crippen LogP contribution < -0.4 is 0 Å². The normalized spacial score (nSPS) is 22.5. The van der Waals surface area contributed by atoms with E-state index in [9.17, 15) is 13.2 Å². The third kappa shape index (κ3) is 3.61. The van der Waals surface area contributed by atoms with Crippen LogP contribution in [0.4, 0.5) is 13.2 Å². The fourth-order valence-corrected chi connectivity index (χ4v) is 3.49. The third-order valence-electron chi connectivity index (χ3n) is 4.89. The Morgan fingerprint density at radius 1 is 1.14 bits per heavy atom. The summed E-state index contributed by atoms with van der Waals surface area (Å²) in [6.45, 7) is 2.85. The van der Waals surface area contributed by atoms with Gasteiger partial charge in [-0.1, -0.05) is 48.0 Å². The van der Waals surface area contributed by atoms with E-state index in [0.29, 0.717) is 24.6 Å². The topological polar surface area (TPSA) is 43.2 Å². The first-order chi connectivity index (χ1) is 13.4. The maximum Gasteiger partial charge on any atom is 0.416 e. The molecule has 0 fully saturated rings. The number of nitrogens with zero attached hydrogens (tertiary/aromatic N) is 2. The molecule has 3 unspecified atom stereocenters. The number of hydrogen-bond acceptors (Lipinski definition) is 4. The molecule has 0 aliphatic carbocycles. The smallest absolute Gasteiger partial charge is 0.416 e. The zero-order valence-electron chi connectivity index (χ0n) is 15.1. The monoisotopic (exact) mass is 387 g/mol. The van der Waals surface area contributed by atoms with Crippen LogP contribution in [-0.2, 0) is 15.7 Å². The number of rotatable bonds is 4. The second-order valence-electron chi connectivity index (χ2n) is 6.83. The van der Waals surface area contributed by atoms with Gasteiger partial charge in [0.15, 0.2) is 5.90 Å². The van der Waals surface area contributed by atoms with E-state index in [-0.39, 0.29) is 0 Å². The molecule has 0 amide bonds. The Morgan fingerprint density at radius 3 is 2.61 bits per heavy atom. The largest absolute Gasteiger partial charge is 0.478 e. The highest BCUT2D eigenvalue weighted by Crippen LogP contribution is 2.40. The minimum atomic E-state index is -4.44. The van der Waals surface area contributed by atoms with Gasteiger partial charge in [-0.2, -0.15) is 13.2 Å². The lowest BCUT2D eigenvalue weighted by molar-refractivity contribution is -0.137. The summed E-state index contributed by atoms with van der Waals surface area (Å²) in [6.07, 6.45) is -2.48. The first kappa shape index (κ1) is 18.5. The van der Waals surface area contributed by atoms with Gasteiger partial charge in [-0.25, -0.2) is 4.99 Å². The van der Waals surface area contributed by atoms with E-state index in [1.807, 2.05) is 31.2 Å². The summed E-state index contributed by atoms with van der Waals surface area (Å²) in [4.78, 5) is 8.66. The van der Waals surface area contributed by atoms with Crippen LogP contribution >= 0.6 is 0 Å². The quantitative estimate of drug-likeness (QED) is 0.771. The van der Waals surface area contributed by atoms with Crippen molar-refractivity contribution in [2.45, 2.75) is 31.2 Å². The van der Waals surface area contributed by atoms with Crippen LogP contribution in [0.1, 0.15) is 34.2 Å². The number of alkyl halides is 3. The van der Waals surface area contributed by atoms with E-state index >= 15 is 0 Å². The molecule has 0 aromatic heterocycles. The maximum absolute atomic E-state index is 13.2. The van der Waals surface area contributed by atoms with Crippen molar-refractivity contribution >= 4 is 12.3 Å². The van der Waals surface area contributed by atoms with E-state index in [4.69, 9.17) is 9.47 Å². The van der Waals surface area contributed by atoms with Crippen LogP contribution in [0.15, 0.2) is 58.5 Å². The highest BCUT2D eigenvalue weighted by molar-refractivity contribution is 5.86. The van der Waals surface area contributed by atoms with E-state index in [1.165, 1.54) is 6.07 Å². The molecule has 2 aliphatic heterocycles. The van der Waals surface area contributed by atoms with Crippen molar-refractivity contribution in [3.05, 3.63) is 70.8 Å². The van der Waals surface area contributed by atoms with Crippen LogP contribution in [0.5, 0.6) is 0 Å². The molecule has 1 radical (unpaired) electrons. The molecule has 145 valence electrons. The van der Waals surface area contributed by atoms with Gasteiger partial charge in [0.25, 0.3) is 6.40 Å². The van der Waals surface area contributed by atoms with Crippen molar-refractivity contribution < 1.29 is 22.6 Å². The Kier molecular flexibility index (Phi) is 4.83. The Bertz CT molecular complexity index is 907. The van der Waals surface area contributed by atoms with Gasteiger partial charge in [0.2, 0.25) is 0 Å². The average molecular weight is 387 g/mol. The first-order valence-corrected chi connectivity index (χ1v) is 8.95. The molecule has 3 atom stereocenters. The number of halogens is 3. The second-order valence-corrected chi connectivity index (χ2v) is 6.83. The summed E-state index contributed by atoms with van der Waals surface area (Å²) in [7, 11) is 0. The number of benzene rings is 2. The lowest BCUT2D eigenvalue weighted by atomic mass is 9.85. The van der Waals surface area contributed by atoms with Crippen molar-refractivity contribution in [2.75, 3.05) is 13.2 Å². The summed E-state index contributed by atoms with van der Waals surface area (Å²) in [5.74, 6) is -0.241. The highest BCUT2D eigenvalue weighted by Gasteiger charge is 2.42. The molecule has 4 rings (SSSR count). The van der Waals surface area contributed by atoms with Crippen molar-refractivity contribution in [1.29, 1.82) is 0 Å². The highest BCUT2D eigenvalue weighted by atomic mass is 19.4. The van der Waals surface area contributed by atoms with Gasteiger partial charge < -0.3 is 9.47 Å².